The number of aliphatic hydroxyl groups is 1. The minimum absolute atomic E-state index is 0.196. The standard InChI is InChI=1S/C15H20BrNO2/c1-11(2)9-13(18)10-17-15(19)8-7-12-5-3-4-6-14(12)16/h3-8,11,13,18H,9-10H2,1-2H3,(H,17,19)/b8-7+. The SMILES string of the molecule is CC(C)CC(O)CNC(=O)/C=C/c1ccccc1Br. The normalized spacial score (nSPS) is 12.9. The van der Waals surface area contributed by atoms with Crippen LogP contribution in [0, 0.1) is 5.92 Å². The van der Waals surface area contributed by atoms with Crippen LogP contribution in [0.3, 0.4) is 0 Å². The average Bonchev–Trinajstić information content (AvgIpc) is 2.34. The first-order valence-electron chi connectivity index (χ1n) is 6.37. The van der Waals surface area contributed by atoms with E-state index in [1.165, 1.54) is 6.08 Å². The Morgan fingerprint density at radius 3 is 2.74 bits per heavy atom. The van der Waals surface area contributed by atoms with Gasteiger partial charge in [-0.25, -0.2) is 0 Å². The van der Waals surface area contributed by atoms with Crippen molar-refractivity contribution in [3.63, 3.8) is 0 Å². The van der Waals surface area contributed by atoms with Crippen molar-refractivity contribution >= 4 is 27.9 Å². The molecular formula is C15H20BrNO2. The maximum atomic E-state index is 11.6. The van der Waals surface area contributed by atoms with E-state index in [4.69, 9.17) is 0 Å². The lowest BCUT2D eigenvalue weighted by atomic mass is 10.1. The molecular weight excluding hydrogens is 306 g/mol. The van der Waals surface area contributed by atoms with Crippen molar-refractivity contribution in [2.24, 2.45) is 5.92 Å². The topological polar surface area (TPSA) is 49.3 Å². The van der Waals surface area contributed by atoms with E-state index in [9.17, 15) is 9.90 Å². The molecule has 0 radical (unpaired) electrons. The Kier molecular flexibility index (Phi) is 6.81. The summed E-state index contributed by atoms with van der Waals surface area (Å²) in [4.78, 5) is 11.6. The summed E-state index contributed by atoms with van der Waals surface area (Å²) in [6.07, 6.45) is 3.42. The van der Waals surface area contributed by atoms with E-state index in [0.717, 1.165) is 10.0 Å². The highest BCUT2D eigenvalue weighted by Crippen LogP contribution is 2.16. The summed E-state index contributed by atoms with van der Waals surface area (Å²) >= 11 is 3.41. The smallest absolute Gasteiger partial charge is 0.244 e. The zero-order valence-electron chi connectivity index (χ0n) is 11.3. The summed E-state index contributed by atoms with van der Waals surface area (Å²) in [6, 6.07) is 7.67. The fourth-order valence-electron chi connectivity index (χ4n) is 1.68. The molecule has 0 fully saturated rings. The van der Waals surface area contributed by atoms with Gasteiger partial charge in [0.15, 0.2) is 0 Å². The van der Waals surface area contributed by atoms with Crippen LogP contribution in [0.1, 0.15) is 25.8 Å². The molecule has 104 valence electrons. The molecule has 1 unspecified atom stereocenters. The summed E-state index contributed by atoms with van der Waals surface area (Å²) in [5.74, 6) is 0.223. The Hall–Kier alpha value is -1.13. The highest BCUT2D eigenvalue weighted by atomic mass is 79.9. The fourth-order valence-corrected chi connectivity index (χ4v) is 2.10. The molecule has 3 nitrogen and oxygen atoms in total. The molecule has 0 saturated carbocycles. The van der Waals surface area contributed by atoms with Gasteiger partial charge < -0.3 is 10.4 Å². The molecule has 0 heterocycles. The Morgan fingerprint density at radius 1 is 1.42 bits per heavy atom. The van der Waals surface area contributed by atoms with Gasteiger partial charge in [-0.2, -0.15) is 0 Å². The number of nitrogens with one attached hydrogen (secondary N) is 1. The third-order valence-electron chi connectivity index (χ3n) is 2.57. The van der Waals surface area contributed by atoms with Crippen LogP contribution in [0.15, 0.2) is 34.8 Å². The Balaban J connectivity index is 2.41. The second kappa shape index (κ2) is 8.12. The summed E-state index contributed by atoms with van der Waals surface area (Å²) in [5.41, 5.74) is 0.945. The molecule has 0 aliphatic rings. The number of carbonyl (C=O) groups is 1. The summed E-state index contributed by atoms with van der Waals surface area (Å²) in [5, 5.41) is 12.3. The molecule has 0 spiro atoms. The molecule has 0 bridgehead atoms. The molecule has 19 heavy (non-hydrogen) atoms. The minimum atomic E-state index is -0.485. The number of halogens is 1. The van der Waals surface area contributed by atoms with E-state index >= 15 is 0 Å². The number of hydrogen-bond donors (Lipinski definition) is 2. The van der Waals surface area contributed by atoms with E-state index < -0.39 is 6.10 Å². The molecule has 4 heteroatoms. The lowest BCUT2D eigenvalue weighted by Gasteiger charge is -2.12. The number of amides is 1. The van der Waals surface area contributed by atoms with Gasteiger partial charge in [-0.05, 0) is 30.0 Å². The van der Waals surface area contributed by atoms with Crippen molar-refractivity contribution in [1.82, 2.24) is 5.32 Å². The quantitative estimate of drug-likeness (QED) is 0.790. The number of aliphatic hydroxyl groups excluding tert-OH is 1. The second-order valence-electron chi connectivity index (χ2n) is 4.88. The van der Waals surface area contributed by atoms with Gasteiger partial charge >= 0.3 is 0 Å². The molecule has 1 aromatic carbocycles. The van der Waals surface area contributed by atoms with E-state index in [2.05, 4.69) is 21.2 Å². The van der Waals surface area contributed by atoms with Crippen LogP contribution in [0.5, 0.6) is 0 Å². The van der Waals surface area contributed by atoms with Gasteiger partial charge in [0, 0.05) is 17.1 Å². The minimum Gasteiger partial charge on any atom is -0.391 e. The monoisotopic (exact) mass is 325 g/mol. The van der Waals surface area contributed by atoms with Gasteiger partial charge in [-0.3, -0.25) is 4.79 Å². The number of hydrogen-bond acceptors (Lipinski definition) is 2. The lowest BCUT2D eigenvalue weighted by Crippen LogP contribution is -2.31. The highest BCUT2D eigenvalue weighted by molar-refractivity contribution is 9.10. The highest BCUT2D eigenvalue weighted by Gasteiger charge is 2.07. The first-order valence-corrected chi connectivity index (χ1v) is 7.17. The van der Waals surface area contributed by atoms with Crippen LogP contribution in [0.4, 0.5) is 0 Å². The van der Waals surface area contributed by atoms with Crippen molar-refractivity contribution in [3.05, 3.63) is 40.4 Å². The van der Waals surface area contributed by atoms with Crippen molar-refractivity contribution in [2.75, 3.05) is 6.54 Å². The molecule has 0 aliphatic heterocycles. The van der Waals surface area contributed by atoms with Crippen molar-refractivity contribution < 1.29 is 9.90 Å². The van der Waals surface area contributed by atoms with Crippen molar-refractivity contribution in [2.45, 2.75) is 26.4 Å². The molecule has 2 N–H and O–H groups in total. The fraction of sp³-hybridized carbons (Fsp3) is 0.400. The molecule has 0 aliphatic carbocycles. The summed E-state index contributed by atoms with van der Waals surface area (Å²) in [7, 11) is 0. The van der Waals surface area contributed by atoms with Gasteiger partial charge in [0.1, 0.15) is 0 Å². The Morgan fingerprint density at radius 2 is 2.11 bits per heavy atom. The van der Waals surface area contributed by atoms with E-state index in [0.29, 0.717) is 12.3 Å². The van der Waals surface area contributed by atoms with Crippen LogP contribution in [-0.4, -0.2) is 23.7 Å². The maximum Gasteiger partial charge on any atom is 0.244 e. The van der Waals surface area contributed by atoms with Gasteiger partial charge in [-0.1, -0.05) is 48.0 Å². The number of rotatable bonds is 6. The van der Waals surface area contributed by atoms with Crippen LogP contribution >= 0.6 is 15.9 Å². The van der Waals surface area contributed by atoms with E-state index in [1.54, 1.807) is 6.08 Å². The molecule has 0 aromatic heterocycles. The summed E-state index contributed by atoms with van der Waals surface area (Å²) < 4.78 is 0.943. The largest absolute Gasteiger partial charge is 0.391 e. The molecule has 1 rings (SSSR count). The number of carbonyl (C=O) groups excluding carboxylic acids is 1. The molecule has 0 saturated heterocycles. The van der Waals surface area contributed by atoms with Crippen molar-refractivity contribution in [3.8, 4) is 0 Å². The maximum absolute atomic E-state index is 11.6. The zero-order valence-corrected chi connectivity index (χ0v) is 12.9. The van der Waals surface area contributed by atoms with Crippen molar-refractivity contribution in [1.29, 1.82) is 0 Å². The molecule has 1 atom stereocenters. The van der Waals surface area contributed by atoms with E-state index in [1.807, 2.05) is 38.1 Å². The summed E-state index contributed by atoms with van der Waals surface area (Å²) in [6.45, 7) is 4.37. The van der Waals surface area contributed by atoms with Crippen LogP contribution in [0.25, 0.3) is 6.08 Å². The van der Waals surface area contributed by atoms with Gasteiger partial charge in [0.05, 0.1) is 6.10 Å². The lowest BCUT2D eigenvalue weighted by molar-refractivity contribution is -0.116. The zero-order chi connectivity index (χ0) is 14.3. The van der Waals surface area contributed by atoms with Crippen LogP contribution in [0.2, 0.25) is 0 Å². The van der Waals surface area contributed by atoms with E-state index in [-0.39, 0.29) is 12.5 Å². The predicted molar refractivity (Wildman–Crippen MR) is 81.6 cm³/mol. The Bertz CT molecular complexity index is 444. The first-order chi connectivity index (χ1) is 8.99. The van der Waals surface area contributed by atoms with Gasteiger partial charge in [-0.15, -0.1) is 0 Å². The predicted octanol–water partition coefficient (Wildman–Crippen LogP) is 2.99. The third kappa shape index (κ3) is 6.55. The van der Waals surface area contributed by atoms with Crippen LogP contribution in [-0.2, 0) is 4.79 Å². The van der Waals surface area contributed by atoms with Gasteiger partial charge in [0.2, 0.25) is 5.91 Å². The third-order valence-corrected chi connectivity index (χ3v) is 3.30. The average molecular weight is 326 g/mol. The van der Waals surface area contributed by atoms with Crippen LogP contribution < -0.4 is 5.32 Å². The number of benzene rings is 1. The Labute approximate surface area is 122 Å². The second-order valence-corrected chi connectivity index (χ2v) is 5.74. The molecule has 1 aromatic rings. The van der Waals surface area contributed by atoms with Gasteiger partial charge in [0.25, 0.3) is 0 Å². The molecule has 1 amide bonds. The first kappa shape index (κ1) is 15.9.